The molecule has 1 aromatic heterocycles. The lowest BCUT2D eigenvalue weighted by atomic mass is 10.2. The molecule has 1 aliphatic heterocycles. The maximum Gasteiger partial charge on any atom is 0.255 e. The fourth-order valence-electron chi connectivity index (χ4n) is 3.23. The van der Waals surface area contributed by atoms with Crippen molar-refractivity contribution in [2.24, 2.45) is 0 Å². The van der Waals surface area contributed by atoms with Crippen molar-refractivity contribution in [2.45, 2.75) is 0 Å². The fourth-order valence-corrected chi connectivity index (χ4v) is 3.23. The van der Waals surface area contributed by atoms with E-state index in [1.54, 1.807) is 36.4 Å². The van der Waals surface area contributed by atoms with Crippen LogP contribution < -0.4 is 19.7 Å². The van der Waals surface area contributed by atoms with Crippen LogP contribution >= 0.6 is 0 Å². The highest BCUT2D eigenvalue weighted by Crippen LogP contribution is 2.28. The van der Waals surface area contributed by atoms with E-state index in [2.05, 4.69) is 15.2 Å². The molecule has 1 aliphatic rings. The number of pyridine rings is 1. The maximum absolute atomic E-state index is 12.5. The number of nitrogens with zero attached hydrogens (tertiary/aromatic N) is 3. The van der Waals surface area contributed by atoms with Crippen molar-refractivity contribution in [3.63, 3.8) is 0 Å². The molecule has 3 rings (SSSR count). The summed E-state index contributed by atoms with van der Waals surface area (Å²) in [6.45, 7) is 2.75. The Kier molecular flexibility index (Phi) is 7.08. The molecule has 9 heteroatoms. The van der Waals surface area contributed by atoms with Crippen LogP contribution in [0.3, 0.4) is 0 Å². The molecule has 1 aromatic carbocycles. The molecule has 1 saturated heterocycles. The summed E-state index contributed by atoms with van der Waals surface area (Å²) in [6.07, 6.45) is 1.62. The van der Waals surface area contributed by atoms with E-state index in [1.807, 2.05) is 12.1 Å². The number of rotatable bonds is 7. The van der Waals surface area contributed by atoms with Crippen molar-refractivity contribution in [3.8, 4) is 11.5 Å². The number of ether oxygens (including phenoxy) is 3. The highest BCUT2D eigenvalue weighted by molar-refractivity contribution is 6.04. The SMILES string of the molecule is COCC(=O)N1CCN(c2ccc(NC(=O)c3ccc(OC)c(OC)c3)cn2)CC1. The third-order valence-electron chi connectivity index (χ3n) is 4.88. The minimum absolute atomic E-state index is 0.00154. The van der Waals surface area contributed by atoms with Crippen molar-refractivity contribution in [1.29, 1.82) is 0 Å². The highest BCUT2D eigenvalue weighted by Gasteiger charge is 2.21. The molecule has 160 valence electrons. The Labute approximate surface area is 175 Å². The Morgan fingerprint density at radius 2 is 1.73 bits per heavy atom. The van der Waals surface area contributed by atoms with Gasteiger partial charge in [0.2, 0.25) is 5.91 Å². The molecule has 0 atom stereocenters. The van der Waals surface area contributed by atoms with Gasteiger partial charge in [-0.05, 0) is 30.3 Å². The number of hydrogen-bond donors (Lipinski definition) is 1. The number of carbonyl (C=O) groups is 2. The number of anilines is 2. The van der Waals surface area contributed by atoms with Crippen molar-refractivity contribution in [3.05, 3.63) is 42.1 Å². The van der Waals surface area contributed by atoms with Gasteiger partial charge >= 0.3 is 0 Å². The van der Waals surface area contributed by atoms with Crippen LogP contribution in [0.1, 0.15) is 10.4 Å². The molecule has 0 aliphatic carbocycles. The average molecular weight is 414 g/mol. The monoisotopic (exact) mass is 414 g/mol. The first-order valence-electron chi connectivity index (χ1n) is 9.56. The molecule has 0 spiro atoms. The van der Waals surface area contributed by atoms with E-state index < -0.39 is 0 Å². The van der Waals surface area contributed by atoms with Crippen LogP contribution in [0.2, 0.25) is 0 Å². The number of aromatic nitrogens is 1. The van der Waals surface area contributed by atoms with Gasteiger partial charge in [0.1, 0.15) is 12.4 Å². The van der Waals surface area contributed by atoms with E-state index in [4.69, 9.17) is 14.2 Å². The van der Waals surface area contributed by atoms with Gasteiger partial charge in [-0.3, -0.25) is 9.59 Å². The van der Waals surface area contributed by atoms with Crippen LogP contribution in [0.5, 0.6) is 11.5 Å². The number of amides is 2. The van der Waals surface area contributed by atoms with Crippen LogP contribution in [-0.4, -0.2) is 75.8 Å². The molecule has 2 aromatic rings. The molecule has 2 amide bonds. The first-order valence-corrected chi connectivity index (χ1v) is 9.56. The van der Waals surface area contributed by atoms with Crippen molar-refractivity contribution < 1.29 is 23.8 Å². The van der Waals surface area contributed by atoms with E-state index in [-0.39, 0.29) is 18.4 Å². The third-order valence-corrected chi connectivity index (χ3v) is 4.88. The molecule has 2 heterocycles. The molecule has 0 bridgehead atoms. The summed E-state index contributed by atoms with van der Waals surface area (Å²) in [6, 6.07) is 8.65. The molecule has 0 unspecified atom stereocenters. The summed E-state index contributed by atoms with van der Waals surface area (Å²) in [7, 11) is 4.58. The van der Waals surface area contributed by atoms with Crippen LogP contribution in [0.25, 0.3) is 0 Å². The van der Waals surface area contributed by atoms with E-state index in [9.17, 15) is 9.59 Å². The Bertz CT molecular complexity index is 879. The van der Waals surface area contributed by atoms with Gasteiger partial charge in [-0.1, -0.05) is 0 Å². The zero-order chi connectivity index (χ0) is 21.5. The highest BCUT2D eigenvalue weighted by atomic mass is 16.5. The second-order valence-electron chi connectivity index (χ2n) is 6.73. The van der Waals surface area contributed by atoms with Gasteiger partial charge in [-0.2, -0.15) is 0 Å². The predicted octanol–water partition coefficient (Wildman–Crippen LogP) is 1.65. The van der Waals surface area contributed by atoms with E-state index in [0.717, 1.165) is 5.82 Å². The molecule has 0 radical (unpaired) electrons. The molecule has 30 heavy (non-hydrogen) atoms. The summed E-state index contributed by atoms with van der Waals surface area (Å²) in [5.41, 5.74) is 1.04. The molecular weight excluding hydrogens is 388 g/mol. The molecule has 9 nitrogen and oxygen atoms in total. The molecule has 0 saturated carbocycles. The Balaban J connectivity index is 1.59. The van der Waals surface area contributed by atoms with Gasteiger partial charge in [0.25, 0.3) is 5.91 Å². The number of carbonyl (C=O) groups excluding carboxylic acids is 2. The standard InChI is InChI=1S/C21H26N4O5/c1-28-14-20(26)25-10-8-24(9-11-25)19-7-5-16(13-22-19)23-21(27)15-4-6-17(29-2)18(12-15)30-3/h4-7,12-13H,8-11,14H2,1-3H3,(H,23,27). The van der Waals surface area contributed by atoms with Crippen molar-refractivity contribution in [1.82, 2.24) is 9.88 Å². The second kappa shape index (κ2) is 9.93. The maximum atomic E-state index is 12.5. The normalized spacial score (nSPS) is 13.7. The van der Waals surface area contributed by atoms with Gasteiger partial charge < -0.3 is 29.3 Å². The van der Waals surface area contributed by atoms with Crippen LogP contribution in [-0.2, 0) is 9.53 Å². The number of methoxy groups -OCH3 is 3. The van der Waals surface area contributed by atoms with Gasteiger partial charge in [0, 0.05) is 38.9 Å². The average Bonchev–Trinajstić information content (AvgIpc) is 2.79. The predicted molar refractivity (Wildman–Crippen MR) is 112 cm³/mol. The number of nitrogens with one attached hydrogen (secondary N) is 1. The molecule has 1 N–H and O–H groups in total. The zero-order valence-electron chi connectivity index (χ0n) is 17.4. The first-order chi connectivity index (χ1) is 14.5. The largest absolute Gasteiger partial charge is 0.493 e. The molecular formula is C21H26N4O5. The number of hydrogen-bond acceptors (Lipinski definition) is 7. The van der Waals surface area contributed by atoms with Crippen molar-refractivity contribution >= 4 is 23.3 Å². The summed E-state index contributed by atoms with van der Waals surface area (Å²) >= 11 is 0. The summed E-state index contributed by atoms with van der Waals surface area (Å²) in [4.78, 5) is 32.8. The van der Waals surface area contributed by atoms with Crippen LogP contribution in [0.4, 0.5) is 11.5 Å². The number of benzene rings is 1. The minimum atomic E-state index is -0.268. The van der Waals surface area contributed by atoms with E-state index in [1.165, 1.54) is 14.2 Å². The minimum Gasteiger partial charge on any atom is -0.493 e. The van der Waals surface area contributed by atoms with E-state index in [0.29, 0.717) is 48.9 Å². The first kappa shape index (κ1) is 21.4. The Morgan fingerprint density at radius 3 is 2.33 bits per heavy atom. The summed E-state index contributed by atoms with van der Waals surface area (Å²) in [5.74, 6) is 1.58. The molecule has 1 fully saturated rings. The number of piperazine rings is 1. The second-order valence-corrected chi connectivity index (χ2v) is 6.73. The van der Waals surface area contributed by atoms with Gasteiger partial charge in [-0.25, -0.2) is 4.98 Å². The fraction of sp³-hybridized carbons (Fsp3) is 0.381. The Morgan fingerprint density at radius 1 is 1.00 bits per heavy atom. The summed E-state index contributed by atoms with van der Waals surface area (Å²) < 4.78 is 15.3. The van der Waals surface area contributed by atoms with E-state index >= 15 is 0 Å². The van der Waals surface area contributed by atoms with Gasteiger partial charge in [0.15, 0.2) is 11.5 Å². The summed E-state index contributed by atoms with van der Waals surface area (Å²) in [5, 5.41) is 2.83. The Hall–Kier alpha value is -3.33. The lowest BCUT2D eigenvalue weighted by Crippen LogP contribution is -2.49. The van der Waals surface area contributed by atoms with Gasteiger partial charge in [0.05, 0.1) is 26.1 Å². The van der Waals surface area contributed by atoms with Gasteiger partial charge in [-0.15, -0.1) is 0 Å². The quantitative estimate of drug-likeness (QED) is 0.736. The van der Waals surface area contributed by atoms with Crippen LogP contribution in [0.15, 0.2) is 36.5 Å². The third kappa shape index (κ3) is 4.98. The topological polar surface area (TPSA) is 93.2 Å². The lowest BCUT2D eigenvalue weighted by Gasteiger charge is -2.35. The van der Waals surface area contributed by atoms with Crippen molar-refractivity contribution in [2.75, 3.05) is 64.3 Å². The lowest BCUT2D eigenvalue weighted by molar-refractivity contribution is -0.135. The smallest absolute Gasteiger partial charge is 0.255 e. The zero-order valence-corrected chi connectivity index (χ0v) is 17.4. The van der Waals surface area contributed by atoms with Crippen LogP contribution in [0, 0.1) is 0 Å².